The maximum Gasteiger partial charge on any atom is 0.410 e. The second-order valence-electron chi connectivity index (χ2n) is 7.85. The first kappa shape index (κ1) is 18.9. The second-order valence-corrected chi connectivity index (χ2v) is 8.70. The molecule has 0 spiro atoms. The quantitative estimate of drug-likeness (QED) is 0.690. The largest absolute Gasteiger partial charge is 0.444 e. The van der Waals surface area contributed by atoms with E-state index in [2.05, 4.69) is 50.9 Å². The van der Waals surface area contributed by atoms with Crippen molar-refractivity contribution in [2.45, 2.75) is 52.3 Å². The zero-order chi connectivity index (χ0) is 19.1. The van der Waals surface area contributed by atoms with Gasteiger partial charge in [-0.1, -0.05) is 0 Å². The first-order valence-electron chi connectivity index (χ1n) is 8.83. The van der Waals surface area contributed by atoms with Crippen molar-refractivity contribution in [2.75, 3.05) is 18.0 Å². The van der Waals surface area contributed by atoms with Gasteiger partial charge in [0.2, 0.25) is 0 Å². The first-order valence-corrected chi connectivity index (χ1v) is 9.63. The van der Waals surface area contributed by atoms with Crippen molar-refractivity contribution in [3.05, 3.63) is 28.9 Å². The van der Waals surface area contributed by atoms with E-state index in [4.69, 9.17) is 4.74 Å². The van der Waals surface area contributed by atoms with Crippen LogP contribution in [0.25, 0.3) is 10.9 Å². The minimum atomic E-state index is -0.492. The van der Waals surface area contributed by atoms with Gasteiger partial charge in [-0.05, 0) is 68.7 Å². The number of hydrogen-bond donors (Lipinski definition) is 0. The molecule has 26 heavy (non-hydrogen) atoms. The lowest BCUT2D eigenvalue weighted by Crippen LogP contribution is -2.59. The normalized spacial score (nSPS) is 21.2. The summed E-state index contributed by atoms with van der Waals surface area (Å²) in [7, 11) is 0. The number of aromatic nitrogens is 2. The molecule has 1 saturated heterocycles. The number of piperazine rings is 1. The number of carbonyl (C=O) groups is 1. The van der Waals surface area contributed by atoms with Crippen LogP contribution in [-0.2, 0) is 4.74 Å². The lowest BCUT2D eigenvalue weighted by atomic mass is 10.1. The fourth-order valence-electron chi connectivity index (χ4n) is 3.51. The van der Waals surface area contributed by atoms with E-state index < -0.39 is 5.60 Å². The van der Waals surface area contributed by atoms with E-state index in [9.17, 15) is 4.79 Å². The molecule has 1 aromatic carbocycles. The summed E-state index contributed by atoms with van der Waals surface area (Å²) < 4.78 is 6.52. The van der Waals surface area contributed by atoms with Crippen LogP contribution in [-0.4, -0.2) is 52.0 Å². The molecule has 0 radical (unpaired) electrons. The Bertz CT molecular complexity index is 809. The number of benzene rings is 1. The van der Waals surface area contributed by atoms with Gasteiger partial charge in [0.1, 0.15) is 11.1 Å². The van der Waals surface area contributed by atoms with Crippen molar-refractivity contribution in [3.63, 3.8) is 0 Å². The van der Waals surface area contributed by atoms with Gasteiger partial charge in [-0.3, -0.25) is 4.90 Å². The third kappa shape index (κ3) is 3.77. The third-order valence-corrected chi connectivity index (χ3v) is 5.11. The number of halogens is 1. The van der Waals surface area contributed by atoms with Crippen molar-refractivity contribution >= 4 is 38.6 Å². The molecule has 1 aromatic heterocycles. The van der Waals surface area contributed by atoms with E-state index >= 15 is 0 Å². The molecule has 3 rings (SSSR count). The molecule has 0 saturated carbocycles. The molecule has 0 N–H and O–H groups in total. The zero-order valence-corrected chi connectivity index (χ0v) is 17.4. The highest BCUT2D eigenvalue weighted by atomic mass is 79.9. The topological polar surface area (TPSA) is 58.6 Å². The maximum absolute atomic E-state index is 12.6. The third-order valence-electron chi connectivity index (χ3n) is 4.47. The van der Waals surface area contributed by atoms with Gasteiger partial charge in [0.05, 0.1) is 18.3 Å². The van der Waals surface area contributed by atoms with Gasteiger partial charge >= 0.3 is 6.09 Å². The fourth-order valence-corrected chi connectivity index (χ4v) is 3.93. The average molecular weight is 421 g/mol. The van der Waals surface area contributed by atoms with Crippen molar-refractivity contribution in [2.24, 2.45) is 0 Å². The Morgan fingerprint density at radius 3 is 2.46 bits per heavy atom. The minimum Gasteiger partial charge on any atom is -0.444 e. The fraction of sp³-hybridized carbons (Fsp3) is 0.526. The van der Waals surface area contributed by atoms with E-state index in [1.165, 1.54) is 0 Å². The molecule has 2 aromatic rings. The summed E-state index contributed by atoms with van der Waals surface area (Å²) in [4.78, 5) is 16.8. The van der Waals surface area contributed by atoms with Crippen LogP contribution in [0.2, 0.25) is 0 Å². The molecule has 7 heteroatoms. The molecule has 2 heterocycles. The van der Waals surface area contributed by atoms with Gasteiger partial charge in [-0.25, -0.2) is 4.79 Å². The van der Waals surface area contributed by atoms with E-state index in [-0.39, 0.29) is 18.2 Å². The molecule has 1 aliphatic heterocycles. The Balaban J connectivity index is 1.86. The number of amides is 1. The van der Waals surface area contributed by atoms with Gasteiger partial charge < -0.3 is 9.64 Å². The van der Waals surface area contributed by atoms with E-state index in [0.29, 0.717) is 0 Å². The summed E-state index contributed by atoms with van der Waals surface area (Å²) in [5.74, 6) is 0. The van der Waals surface area contributed by atoms with Crippen LogP contribution < -0.4 is 4.90 Å². The van der Waals surface area contributed by atoms with Crippen LogP contribution in [0.15, 0.2) is 28.9 Å². The SMILES string of the molecule is C[C@@H]1CN(c2ccc(Br)c3nnccc23)C[C@H](C)N1C(=O)OC(C)(C)C. The highest BCUT2D eigenvalue weighted by Gasteiger charge is 2.36. The second kappa shape index (κ2) is 7.02. The summed E-state index contributed by atoms with van der Waals surface area (Å²) in [6, 6.07) is 6.17. The van der Waals surface area contributed by atoms with Gasteiger partial charge in [0, 0.05) is 28.6 Å². The summed E-state index contributed by atoms with van der Waals surface area (Å²) in [6.45, 7) is 11.3. The van der Waals surface area contributed by atoms with Gasteiger partial charge in [0.25, 0.3) is 0 Å². The highest BCUT2D eigenvalue weighted by molar-refractivity contribution is 9.10. The van der Waals surface area contributed by atoms with Crippen LogP contribution in [0.5, 0.6) is 0 Å². The highest BCUT2D eigenvalue weighted by Crippen LogP contribution is 2.33. The minimum absolute atomic E-state index is 0.0436. The van der Waals surface area contributed by atoms with Crippen LogP contribution in [0.4, 0.5) is 10.5 Å². The number of hydrogen-bond acceptors (Lipinski definition) is 5. The molecule has 2 atom stereocenters. The van der Waals surface area contributed by atoms with E-state index in [1.54, 1.807) is 6.20 Å². The number of fused-ring (bicyclic) bond motifs is 1. The Morgan fingerprint density at radius 2 is 1.85 bits per heavy atom. The standard InChI is InChI=1S/C19H25BrN4O2/c1-12-10-23(11-13(2)24(12)18(25)26-19(3,4)5)16-7-6-15(20)17-14(16)8-9-21-22-17/h6-9,12-13H,10-11H2,1-5H3/t12-,13+. The summed E-state index contributed by atoms with van der Waals surface area (Å²) >= 11 is 3.54. The average Bonchev–Trinajstić information content (AvgIpc) is 2.53. The number of ether oxygens (including phenoxy) is 1. The number of rotatable bonds is 1. The van der Waals surface area contributed by atoms with E-state index in [1.807, 2.05) is 37.8 Å². The van der Waals surface area contributed by atoms with Crippen LogP contribution in [0.1, 0.15) is 34.6 Å². The zero-order valence-electron chi connectivity index (χ0n) is 15.9. The van der Waals surface area contributed by atoms with Crippen molar-refractivity contribution in [3.8, 4) is 0 Å². The number of nitrogens with zero attached hydrogens (tertiary/aromatic N) is 4. The molecule has 0 unspecified atom stereocenters. The molecule has 1 fully saturated rings. The monoisotopic (exact) mass is 420 g/mol. The summed E-state index contributed by atoms with van der Waals surface area (Å²) in [5, 5.41) is 9.30. The lowest BCUT2D eigenvalue weighted by molar-refractivity contribution is 0.00568. The van der Waals surface area contributed by atoms with Gasteiger partial charge in [0.15, 0.2) is 0 Å². The number of carbonyl (C=O) groups excluding carboxylic acids is 1. The van der Waals surface area contributed by atoms with Gasteiger partial charge in [-0.15, -0.1) is 5.10 Å². The number of anilines is 1. The molecule has 0 bridgehead atoms. The van der Waals surface area contributed by atoms with Crippen LogP contribution in [0.3, 0.4) is 0 Å². The Kier molecular flexibility index (Phi) is 5.10. The van der Waals surface area contributed by atoms with Crippen molar-refractivity contribution in [1.29, 1.82) is 0 Å². The molecule has 1 amide bonds. The van der Waals surface area contributed by atoms with Crippen molar-refractivity contribution in [1.82, 2.24) is 15.1 Å². The van der Waals surface area contributed by atoms with Crippen molar-refractivity contribution < 1.29 is 9.53 Å². The molecule has 6 nitrogen and oxygen atoms in total. The summed E-state index contributed by atoms with van der Waals surface area (Å²) in [5.41, 5.74) is 1.47. The van der Waals surface area contributed by atoms with Gasteiger partial charge in [-0.2, -0.15) is 5.10 Å². The molecular weight excluding hydrogens is 396 g/mol. The molecule has 0 aliphatic carbocycles. The molecular formula is C19H25BrN4O2. The van der Waals surface area contributed by atoms with Crippen LogP contribution >= 0.6 is 15.9 Å². The Labute approximate surface area is 162 Å². The van der Waals surface area contributed by atoms with Crippen LogP contribution in [0, 0.1) is 0 Å². The predicted molar refractivity (Wildman–Crippen MR) is 106 cm³/mol. The summed E-state index contributed by atoms with van der Waals surface area (Å²) in [6.07, 6.45) is 1.46. The predicted octanol–water partition coefficient (Wildman–Crippen LogP) is 4.23. The smallest absolute Gasteiger partial charge is 0.410 e. The Morgan fingerprint density at radius 1 is 1.19 bits per heavy atom. The van der Waals surface area contributed by atoms with E-state index in [0.717, 1.165) is 34.2 Å². The molecule has 1 aliphatic rings. The maximum atomic E-state index is 12.6. The lowest BCUT2D eigenvalue weighted by Gasteiger charge is -2.45. The Hall–Kier alpha value is -1.89. The first-order chi connectivity index (χ1) is 12.2. The molecule has 140 valence electrons.